The van der Waals surface area contributed by atoms with Gasteiger partial charge in [0, 0.05) is 51.0 Å². The normalized spacial score (nSPS) is 19.2. The van der Waals surface area contributed by atoms with Crippen molar-refractivity contribution in [2.24, 2.45) is 0 Å². The number of likely N-dealkylation sites (N-methyl/N-ethyl adjacent to an activating group) is 1. The van der Waals surface area contributed by atoms with Crippen LogP contribution in [-0.2, 0) is 0 Å². The van der Waals surface area contributed by atoms with Gasteiger partial charge in [-0.2, -0.15) is 0 Å². The van der Waals surface area contributed by atoms with Gasteiger partial charge < -0.3 is 14.7 Å². The van der Waals surface area contributed by atoms with E-state index in [2.05, 4.69) is 16.8 Å². The van der Waals surface area contributed by atoms with Crippen LogP contribution in [0.25, 0.3) is 0 Å². The van der Waals surface area contributed by atoms with Crippen molar-refractivity contribution < 1.29 is 9.59 Å². The molecule has 3 heterocycles. The number of aromatic nitrogens is 1. The largest absolute Gasteiger partial charge is 0.339 e. The molecule has 0 atom stereocenters. The topological polar surface area (TPSA) is 56.8 Å². The summed E-state index contributed by atoms with van der Waals surface area (Å²) in [5.74, 6) is -0.0634. The third-order valence-corrected chi connectivity index (χ3v) is 4.73. The molecule has 124 valence electrons. The molecule has 1 aromatic heterocycles. The first-order valence-corrected chi connectivity index (χ1v) is 8.46. The van der Waals surface area contributed by atoms with Crippen LogP contribution in [0.15, 0.2) is 18.3 Å². The van der Waals surface area contributed by atoms with E-state index in [0.717, 1.165) is 58.7 Å². The first kappa shape index (κ1) is 15.9. The van der Waals surface area contributed by atoms with Gasteiger partial charge in [0.25, 0.3) is 11.8 Å². The van der Waals surface area contributed by atoms with Crippen molar-refractivity contribution in [3.63, 3.8) is 0 Å². The Morgan fingerprint density at radius 3 is 2.30 bits per heavy atom. The summed E-state index contributed by atoms with van der Waals surface area (Å²) < 4.78 is 0. The molecule has 2 fully saturated rings. The highest BCUT2D eigenvalue weighted by atomic mass is 16.2. The van der Waals surface area contributed by atoms with E-state index in [0.29, 0.717) is 11.3 Å². The monoisotopic (exact) mass is 316 g/mol. The molecule has 0 N–H and O–H groups in total. The highest BCUT2D eigenvalue weighted by Gasteiger charge is 2.24. The Labute approximate surface area is 137 Å². The van der Waals surface area contributed by atoms with Crippen molar-refractivity contribution in [1.82, 2.24) is 19.7 Å². The van der Waals surface area contributed by atoms with Crippen LogP contribution in [-0.4, -0.2) is 77.3 Å². The number of carbonyl (C=O) groups is 2. The van der Waals surface area contributed by atoms with Gasteiger partial charge in [-0.25, -0.2) is 0 Å². The molecule has 3 rings (SSSR count). The summed E-state index contributed by atoms with van der Waals surface area (Å²) in [7, 11) is 0. The second-order valence-corrected chi connectivity index (χ2v) is 6.16. The smallest absolute Gasteiger partial charge is 0.272 e. The molecule has 2 aliphatic rings. The molecule has 6 nitrogen and oxygen atoms in total. The summed E-state index contributed by atoms with van der Waals surface area (Å²) in [6, 6.07) is 3.35. The van der Waals surface area contributed by atoms with Gasteiger partial charge in [-0.15, -0.1) is 0 Å². The van der Waals surface area contributed by atoms with Crippen molar-refractivity contribution in [3.8, 4) is 0 Å². The lowest BCUT2D eigenvalue weighted by atomic mass is 10.2. The molecule has 0 saturated carbocycles. The lowest BCUT2D eigenvalue weighted by Crippen LogP contribution is -2.48. The molecule has 0 radical (unpaired) electrons. The van der Waals surface area contributed by atoms with E-state index < -0.39 is 0 Å². The fraction of sp³-hybridized carbons (Fsp3) is 0.588. The van der Waals surface area contributed by atoms with Crippen LogP contribution in [0.2, 0.25) is 0 Å². The number of piperazine rings is 1. The van der Waals surface area contributed by atoms with Crippen LogP contribution in [0.4, 0.5) is 0 Å². The van der Waals surface area contributed by atoms with Crippen LogP contribution in [0, 0.1) is 0 Å². The van der Waals surface area contributed by atoms with E-state index in [-0.39, 0.29) is 11.8 Å². The highest BCUT2D eigenvalue weighted by molar-refractivity contribution is 5.98. The lowest BCUT2D eigenvalue weighted by Gasteiger charge is -2.33. The van der Waals surface area contributed by atoms with Gasteiger partial charge in [0.05, 0.1) is 0 Å². The summed E-state index contributed by atoms with van der Waals surface area (Å²) in [4.78, 5) is 35.3. The van der Waals surface area contributed by atoms with E-state index in [1.807, 2.05) is 9.80 Å². The molecule has 2 saturated heterocycles. The van der Waals surface area contributed by atoms with Crippen molar-refractivity contribution >= 4 is 11.8 Å². The van der Waals surface area contributed by atoms with Crippen LogP contribution in [0.3, 0.4) is 0 Å². The van der Waals surface area contributed by atoms with E-state index >= 15 is 0 Å². The third-order valence-electron chi connectivity index (χ3n) is 4.73. The van der Waals surface area contributed by atoms with Crippen molar-refractivity contribution in [2.45, 2.75) is 19.8 Å². The molecular weight excluding hydrogens is 292 g/mol. The second-order valence-electron chi connectivity index (χ2n) is 6.16. The second kappa shape index (κ2) is 7.08. The minimum atomic E-state index is -0.0724. The fourth-order valence-electron chi connectivity index (χ4n) is 3.21. The van der Waals surface area contributed by atoms with Gasteiger partial charge in [0.1, 0.15) is 5.69 Å². The van der Waals surface area contributed by atoms with E-state index in [4.69, 9.17) is 0 Å². The fourth-order valence-corrected chi connectivity index (χ4v) is 3.21. The Balaban J connectivity index is 1.69. The predicted molar refractivity (Wildman–Crippen MR) is 87.4 cm³/mol. The predicted octanol–water partition coefficient (Wildman–Crippen LogP) is 1.10. The number of pyridine rings is 1. The number of carbonyl (C=O) groups excluding carboxylic acids is 2. The molecule has 2 aliphatic heterocycles. The molecule has 0 unspecified atom stereocenters. The van der Waals surface area contributed by atoms with Gasteiger partial charge in [-0.1, -0.05) is 6.92 Å². The van der Waals surface area contributed by atoms with Gasteiger partial charge in [0.2, 0.25) is 0 Å². The Morgan fingerprint density at radius 1 is 1.00 bits per heavy atom. The SMILES string of the molecule is CCN1CCN(C(=O)c2cc(C(=O)N3CCCC3)ccn2)CC1. The number of rotatable bonds is 3. The maximum Gasteiger partial charge on any atom is 0.272 e. The van der Waals surface area contributed by atoms with Crippen LogP contribution >= 0.6 is 0 Å². The summed E-state index contributed by atoms with van der Waals surface area (Å²) in [5, 5.41) is 0. The minimum absolute atomic E-state index is 0.00903. The quantitative estimate of drug-likeness (QED) is 0.838. The van der Waals surface area contributed by atoms with Crippen LogP contribution in [0.5, 0.6) is 0 Å². The highest BCUT2D eigenvalue weighted by Crippen LogP contribution is 2.14. The molecular formula is C17H24N4O2. The van der Waals surface area contributed by atoms with Gasteiger partial charge in [-0.3, -0.25) is 14.6 Å². The van der Waals surface area contributed by atoms with E-state index in [9.17, 15) is 9.59 Å². The van der Waals surface area contributed by atoms with E-state index in [1.165, 1.54) is 0 Å². The average molecular weight is 316 g/mol. The van der Waals surface area contributed by atoms with Gasteiger partial charge >= 0.3 is 0 Å². The summed E-state index contributed by atoms with van der Waals surface area (Å²) in [5.41, 5.74) is 0.942. The summed E-state index contributed by atoms with van der Waals surface area (Å²) in [6.45, 7) is 8.00. The molecule has 0 aromatic carbocycles. The Hall–Kier alpha value is -1.95. The van der Waals surface area contributed by atoms with Gasteiger partial charge in [0.15, 0.2) is 0 Å². The van der Waals surface area contributed by atoms with E-state index in [1.54, 1.807) is 18.3 Å². The number of hydrogen-bond donors (Lipinski definition) is 0. The molecule has 23 heavy (non-hydrogen) atoms. The number of amides is 2. The molecule has 2 amide bonds. The lowest BCUT2D eigenvalue weighted by molar-refractivity contribution is 0.0637. The van der Waals surface area contributed by atoms with Crippen LogP contribution < -0.4 is 0 Å². The van der Waals surface area contributed by atoms with Crippen molar-refractivity contribution in [2.75, 3.05) is 45.8 Å². The maximum atomic E-state index is 12.6. The Bertz CT molecular complexity index is 576. The third kappa shape index (κ3) is 3.52. The summed E-state index contributed by atoms with van der Waals surface area (Å²) >= 11 is 0. The molecule has 0 bridgehead atoms. The summed E-state index contributed by atoms with van der Waals surface area (Å²) in [6.07, 6.45) is 3.69. The molecule has 0 spiro atoms. The zero-order valence-corrected chi connectivity index (χ0v) is 13.7. The number of likely N-dealkylation sites (tertiary alicyclic amines) is 1. The van der Waals surface area contributed by atoms with Crippen molar-refractivity contribution in [3.05, 3.63) is 29.6 Å². The standard InChI is InChI=1S/C17H24N4O2/c1-2-19-9-11-21(12-10-19)17(23)15-13-14(5-6-18-15)16(22)20-7-3-4-8-20/h5-6,13H,2-4,7-12H2,1H3. The average Bonchev–Trinajstić information content (AvgIpc) is 3.15. The maximum absolute atomic E-state index is 12.6. The van der Waals surface area contributed by atoms with Crippen molar-refractivity contribution in [1.29, 1.82) is 0 Å². The van der Waals surface area contributed by atoms with Crippen LogP contribution in [0.1, 0.15) is 40.6 Å². The minimum Gasteiger partial charge on any atom is -0.339 e. The molecule has 1 aromatic rings. The number of hydrogen-bond acceptors (Lipinski definition) is 4. The number of nitrogens with zero attached hydrogens (tertiary/aromatic N) is 4. The first-order chi connectivity index (χ1) is 11.2. The Kier molecular flexibility index (Phi) is 4.91. The Morgan fingerprint density at radius 2 is 1.65 bits per heavy atom. The molecule has 0 aliphatic carbocycles. The zero-order valence-electron chi connectivity index (χ0n) is 13.7. The zero-order chi connectivity index (χ0) is 16.2. The molecule has 6 heteroatoms. The van der Waals surface area contributed by atoms with Gasteiger partial charge in [-0.05, 0) is 31.5 Å². The first-order valence-electron chi connectivity index (χ1n) is 8.46.